The van der Waals surface area contributed by atoms with Crippen LogP contribution in [0.3, 0.4) is 0 Å². The van der Waals surface area contributed by atoms with Gasteiger partial charge in [-0.3, -0.25) is 4.79 Å². The molecule has 0 heterocycles. The van der Waals surface area contributed by atoms with Crippen LogP contribution >= 0.6 is 0 Å². The molecule has 0 aromatic heterocycles. The smallest absolute Gasteiger partial charge is 0.167 e. The highest BCUT2D eigenvalue weighted by molar-refractivity contribution is 5.98. The molecule has 0 spiro atoms. The average Bonchev–Trinajstić information content (AvgIpc) is 2.35. The van der Waals surface area contributed by atoms with Crippen molar-refractivity contribution < 1.29 is 13.6 Å². The van der Waals surface area contributed by atoms with Gasteiger partial charge < -0.3 is 0 Å². The van der Waals surface area contributed by atoms with Gasteiger partial charge in [-0.05, 0) is 24.1 Å². The summed E-state index contributed by atoms with van der Waals surface area (Å²) >= 11 is 0. The number of hydrogen-bond acceptors (Lipinski definition) is 1. The maximum Gasteiger partial charge on any atom is 0.167 e. The summed E-state index contributed by atoms with van der Waals surface area (Å²) in [6.07, 6.45) is -0.131. The van der Waals surface area contributed by atoms with Gasteiger partial charge in [0.2, 0.25) is 0 Å². The molecule has 3 heteroatoms. The Bertz CT molecular complexity index is 591. The van der Waals surface area contributed by atoms with Crippen LogP contribution in [0, 0.1) is 18.6 Å². The fourth-order valence-electron chi connectivity index (χ4n) is 1.84. The molecule has 0 bridgehead atoms. The number of carbonyl (C=O) groups is 1. The number of rotatable bonds is 3. The lowest BCUT2D eigenvalue weighted by molar-refractivity contribution is 0.0991. The number of aryl methyl sites for hydroxylation is 1. The number of benzene rings is 2. The van der Waals surface area contributed by atoms with Crippen LogP contribution in [0.1, 0.15) is 21.5 Å². The molecule has 0 aliphatic rings. The topological polar surface area (TPSA) is 17.1 Å². The Kier molecular flexibility index (Phi) is 3.51. The van der Waals surface area contributed by atoms with E-state index in [9.17, 15) is 13.6 Å². The van der Waals surface area contributed by atoms with Gasteiger partial charge in [-0.2, -0.15) is 0 Å². The molecule has 0 unspecified atom stereocenters. The molecule has 0 fully saturated rings. The Morgan fingerprint density at radius 2 is 1.78 bits per heavy atom. The summed E-state index contributed by atoms with van der Waals surface area (Å²) in [6.45, 7) is 1.81. The van der Waals surface area contributed by atoms with E-state index >= 15 is 0 Å². The van der Waals surface area contributed by atoms with E-state index in [1.54, 1.807) is 12.1 Å². The molecule has 0 saturated heterocycles. The lowest BCUT2D eigenvalue weighted by Crippen LogP contribution is -2.07. The zero-order chi connectivity index (χ0) is 13.1. The zero-order valence-electron chi connectivity index (χ0n) is 9.91. The van der Waals surface area contributed by atoms with Crippen molar-refractivity contribution in [1.82, 2.24) is 0 Å². The lowest BCUT2D eigenvalue weighted by Gasteiger charge is -2.06. The molecule has 2 aromatic rings. The standard InChI is InChI=1S/C15H12F2O/c1-10-5-2-3-7-12(10)14(18)9-11-6-4-8-13(16)15(11)17/h2-8H,9H2,1H3. The fourth-order valence-corrected chi connectivity index (χ4v) is 1.84. The molecule has 0 atom stereocenters. The first kappa shape index (κ1) is 12.4. The summed E-state index contributed by atoms with van der Waals surface area (Å²) in [4.78, 5) is 12.0. The van der Waals surface area contributed by atoms with Crippen LogP contribution in [0.15, 0.2) is 42.5 Å². The van der Waals surface area contributed by atoms with Crippen LogP contribution in [0.4, 0.5) is 8.78 Å². The minimum Gasteiger partial charge on any atom is -0.294 e. The maximum absolute atomic E-state index is 13.5. The van der Waals surface area contributed by atoms with Crippen LogP contribution in [0.2, 0.25) is 0 Å². The van der Waals surface area contributed by atoms with Crippen molar-refractivity contribution in [3.05, 3.63) is 70.8 Å². The summed E-state index contributed by atoms with van der Waals surface area (Å²) in [6, 6.07) is 11.0. The highest BCUT2D eigenvalue weighted by Crippen LogP contribution is 2.16. The van der Waals surface area contributed by atoms with Crippen molar-refractivity contribution in [3.63, 3.8) is 0 Å². The summed E-state index contributed by atoms with van der Waals surface area (Å²) in [5.74, 6) is -2.08. The first-order chi connectivity index (χ1) is 8.59. The van der Waals surface area contributed by atoms with Crippen molar-refractivity contribution in [1.29, 1.82) is 0 Å². The summed E-state index contributed by atoms with van der Waals surface area (Å²) in [7, 11) is 0. The largest absolute Gasteiger partial charge is 0.294 e. The van der Waals surface area contributed by atoms with E-state index in [2.05, 4.69) is 0 Å². The van der Waals surface area contributed by atoms with E-state index in [0.717, 1.165) is 11.6 Å². The predicted octanol–water partition coefficient (Wildman–Crippen LogP) is 3.70. The van der Waals surface area contributed by atoms with Crippen LogP contribution in [0.25, 0.3) is 0 Å². The zero-order valence-corrected chi connectivity index (χ0v) is 9.91. The third kappa shape index (κ3) is 2.45. The summed E-state index contributed by atoms with van der Waals surface area (Å²) in [5.41, 5.74) is 1.46. The van der Waals surface area contributed by atoms with Crippen LogP contribution in [0.5, 0.6) is 0 Å². The van der Waals surface area contributed by atoms with E-state index in [1.165, 1.54) is 12.1 Å². The van der Waals surface area contributed by atoms with E-state index in [0.29, 0.717) is 5.56 Å². The Morgan fingerprint density at radius 3 is 2.50 bits per heavy atom. The van der Waals surface area contributed by atoms with Crippen molar-refractivity contribution in [2.45, 2.75) is 13.3 Å². The Labute approximate surface area is 104 Å². The van der Waals surface area contributed by atoms with Gasteiger partial charge in [-0.15, -0.1) is 0 Å². The number of carbonyl (C=O) groups excluding carboxylic acids is 1. The highest BCUT2D eigenvalue weighted by Gasteiger charge is 2.14. The third-order valence-corrected chi connectivity index (χ3v) is 2.83. The van der Waals surface area contributed by atoms with Gasteiger partial charge in [-0.1, -0.05) is 36.4 Å². The first-order valence-corrected chi connectivity index (χ1v) is 5.61. The quantitative estimate of drug-likeness (QED) is 0.755. The Hall–Kier alpha value is -2.03. The van der Waals surface area contributed by atoms with Crippen molar-refractivity contribution >= 4 is 5.78 Å². The molecule has 2 aromatic carbocycles. The van der Waals surface area contributed by atoms with Gasteiger partial charge in [0.05, 0.1) is 0 Å². The van der Waals surface area contributed by atoms with Crippen LogP contribution in [-0.2, 0) is 6.42 Å². The predicted molar refractivity (Wildman–Crippen MR) is 65.6 cm³/mol. The molecular weight excluding hydrogens is 234 g/mol. The average molecular weight is 246 g/mol. The molecule has 1 nitrogen and oxygen atoms in total. The van der Waals surface area contributed by atoms with E-state index in [1.807, 2.05) is 19.1 Å². The maximum atomic E-state index is 13.5. The van der Waals surface area contributed by atoms with Gasteiger partial charge in [0.1, 0.15) is 0 Å². The second-order valence-electron chi connectivity index (χ2n) is 4.13. The fraction of sp³-hybridized carbons (Fsp3) is 0.133. The molecule has 0 aliphatic heterocycles. The monoisotopic (exact) mass is 246 g/mol. The lowest BCUT2D eigenvalue weighted by atomic mass is 9.99. The van der Waals surface area contributed by atoms with E-state index in [4.69, 9.17) is 0 Å². The Morgan fingerprint density at radius 1 is 1.06 bits per heavy atom. The number of halogens is 2. The minimum absolute atomic E-state index is 0.0863. The molecule has 18 heavy (non-hydrogen) atoms. The Balaban J connectivity index is 2.27. The molecule has 92 valence electrons. The molecule has 2 rings (SSSR count). The van der Waals surface area contributed by atoms with E-state index in [-0.39, 0.29) is 17.8 Å². The van der Waals surface area contributed by atoms with Crippen molar-refractivity contribution in [3.8, 4) is 0 Å². The summed E-state index contributed by atoms with van der Waals surface area (Å²) < 4.78 is 26.5. The van der Waals surface area contributed by atoms with Gasteiger partial charge >= 0.3 is 0 Å². The summed E-state index contributed by atoms with van der Waals surface area (Å²) in [5, 5.41) is 0. The second kappa shape index (κ2) is 5.08. The molecular formula is C15H12F2O. The molecule has 0 aliphatic carbocycles. The first-order valence-electron chi connectivity index (χ1n) is 5.61. The van der Waals surface area contributed by atoms with Crippen molar-refractivity contribution in [2.75, 3.05) is 0 Å². The minimum atomic E-state index is -0.945. The number of ketones is 1. The van der Waals surface area contributed by atoms with Gasteiger partial charge in [0.15, 0.2) is 17.4 Å². The number of Topliss-reactive ketones (excluding diaryl/α,β-unsaturated/α-hetero) is 1. The van der Waals surface area contributed by atoms with Gasteiger partial charge in [0, 0.05) is 12.0 Å². The molecule has 0 radical (unpaired) electrons. The second-order valence-corrected chi connectivity index (χ2v) is 4.13. The normalized spacial score (nSPS) is 10.4. The molecule has 0 saturated carbocycles. The molecule has 0 N–H and O–H groups in total. The van der Waals surface area contributed by atoms with Crippen molar-refractivity contribution in [2.24, 2.45) is 0 Å². The SMILES string of the molecule is Cc1ccccc1C(=O)Cc1cccc(F)c1F. The van der Waals surface area contributed by atoms with Gasteiger partial charge in [0.25, 0.3) is 0 Å². The highest BCUT2D eigenvalue weighted by atomic mass is 19.2. The van der Waals surface area contributed by atoms with E-state index < -0.39 is 11.6 Å². The van der Waals surface area contributed by atoms with Crippen LogP contribution < -0.4 is 0 Å². The number of hydrogen-bond donors (Lipinski definition) is 0. The third-order valence-electron chi connectivity index (χ3n) is 2.83. The van der Waals surface area contributed by atoms with Gasteiger partial charge in [-0.25, -0.2) is 8.78 Å². The molecule has 0 amide bonds. The van der Waals surface area contributed by atoms with Crippen LogP contribution in [-0.4, -0.2) is 5.78 Å².